The average molecular weight is 190 g/mol. The Morgan fingerprint density at radius 3 is 2.25 bits per heavy atom. The molecule has 0 aromatic carbocycles. The van der Waals surface area contributed by atoms with Crippen molar-refractivity contribution in [3.63, 3.8) is 0 Å². The fraction of sp³-hybridized carbons (Fsp3) is 1.00. The topological polar surface area (TPSA) is 18.5 Å². The van der Waals surface area contributed by atoms with Crippen LogP contribution in [0.1, 0.15) is 27.2 Å². The van der Waals surface area contributed by atoms with Gasteiger partial charge in [-0.15, -0.1) is 0 Å². The molecule has 12 heavy (non-hydrogen) atoms. The van der Waals surface area contributed by atoms with Crippen LogP contribution < -0.4 is 0 Å². The van der Waals surface area contributed by atoms with E-state index in [-0.39, 0.29) is 0 Å². The molecule has 0 aromatic heterocycles. The van der Waals surface area contributed by atoms with Crippen LogP contribution in [-0.4, -0.2) is 22.3 Å². The first-order chi connectivity index (χ1) is 5.54. The standard InChI is InChI=1S/C9H22O2Si/c1-6-7-12(5,10-4)11-8-9(2)3/h9H,6-8H2,1-5H3. The summed E-state index contributed by atoms with van der Waals surface area (Å²) in [5, 5.41) is 0. The van der Waals surface area contributed by atoms with Gasteiger partial charge in [0.1, 0.15) is 0 Å². The lowest BCUT2D eigenvalue weighted by Crippen LogP contribution is -2.38. The van der Waals surface area contributed by atoms with Crippen molar-refractivity contribution in [3.8, 4) is 0 Å². The minimum absolute atomic E-state index is 0.601. The zero-order valence-corrected chi connectivity index (χ0v) is 10.0. The summed E-state index contributed by atoms with van der Waals surface area (Å²) in [7, 11) is -0.0201. The summed E-state index contributed by atoms with van der Waals surface area (Å²) < 4.78 is 11.2. The molecule has 0 aromatic rings. The Hall–Kier alpha value is 0.137. The summed E-state index contributed by atoms with van der Waals surface area (Å²) >= 11 is 0. The lowest BCUT2D eigenvalue weighted by molar-refractivity contribution is 0.181. The molecule has 0 heterocycles. The first kappa shape index (κ1) is 12.1. The second-order valence-corrected chi connectivity index (χ2v) is 7.26. The fourth-order valence-electron chi connectivity index (χ4n) is 1.03. The van der Waals surface area contributed by atoms with Gasteiger partial charge < -0.3 is 8.85 Å². The molecule has 0 bridgehead atoms. The van der Waals surface area contributed by atoms with Crippen molar-refractivity contribution in [2.24, 2.45) is 5.92 Å². The predicted molar refractivity (Wildman–Crippen MR) is 54.5 cm³/mol. The Balaban J connectivity index is 3.78. The second kappa shape index (κ2) is 5.73. The molecule has 0 aliphatic carbocycles. The van der Waals surface area contributed by atoms with E-state index in [0.717, 1.165) is 19.1 Å². The highest BCUT2D eigenvalue weighted by Gasteiger charge is 2.28. The van der Waals surface area contributed by atoms with Gasteiger partial charge in [0.25, 0.3) is 0 Å². The van der Waals surface area contributed by atoms with Crippen LogP contribution in [0, 0.1) is 5.92 Å². The maximum Gasteiger partial charge on any atom is 0.334 e. The Kier molecular flexibility index (Phi) is 5.79. The molecule has 0 saturated carbocycles. The Bertz CT molecular complexity index is 117. The number of hydrogen-bond acceptors (Lipinski definition) is 2. The first-order valence-electron chi connectivity index (χ1n) is 4.73. The van der Waals surface area contributed by atoms with Gasteiger partial charge in [0, 0.05) is 13.7 Å². The van der Waals surface area contributed by atoms with E-state index in [1.165, 1.54) is 0 Å². The summed E-state index contributed by atoms with van der Waals surface area (Å²) in [6.45, 7) is 9.46. The summed E-state index contributed by atoms with van der Waals surface area (Å²) in [6, 6.07) is 1.09. The molecule has 0 N–H and O–H groups in total. The van der Waals surface area contributed by atoms with Crippen LogP contribution in [0.4, 0.5) is 0 Å². The van der Waals surface area contributed by atoms with Crippen molar-refractivity contribution >= 4 is 8.56 Å². The molecule has 1 atom stereocenters. The van der Waals surface area contributed by atoms with E-state index in [1.807, 2.05) is 0 Å². The van der Waals surface area contributed by atoms with E-state index in [4.69, 9.17) is 8.85 Å². The van der Waals surface area contributed by atoms with Crippen molar-refractivity contribution in [3.05, 3.63) is 0 Å². The smallest absolute Gasteiger partial charge is 0.334 e. The van der Waals surface area contributed by atoms with Gasteiger partial charge in [0.2, 0.25) is 0 Å². The second-order valence-electron chi connectivity index (χ2n) is 3.79. The van der Waals surface area contributed by atoms with Gasteiger partial charge in [0.15, 0.2) is 0 Å². The quantitative estimate of drug-likeness (QED) is 0.600. The molecule has 0 amide bonds. The van der Waals surface area contributed by atoms with Crippen LogP contribution in [0.3, 0.4) is 0 Å². The van der Waals surface area contributed by atoms with Gasteiger partial charge in [-0.05, 0) is 18.5 Å². The molecule has 2 nitrogen and oxygen atoms in total. The summed E-state index contributed by atoms with van der Waals surface area (Å²) in [4.78, 5) is 0. The number of hydrogen-bond donors (Lipinski definition) is 0. The highest BCUT2D eigenvalue weighted by Crippen LogP contribution is 2.15. The molecule has 0 saturated heterocycles. The Morgan fingerprint density at radius 2 is 1.92 bits per heavy atom. The summed E-state index contributed by atoms with van der Waals surface area (Å²) in [6.07, 6.45) is 1.15. The molecule has 0 spiro atoms. The molecule has 74 valence electrons. The highest BCUT2D eigenvalue weighted by atomic mass is 28.4. The van der Waals surface area contributed by atoms with E-state index < -0.39 is 8.56 Å². The number of rotatable bonds is 6. The Morgan fingerprint density at radius 1 is 1.33 bits per heavy atom. The molecule has 0 fully saturated rings. The molecule has 1 unspecified atom stereocenters. The Labute approximate surface area is 77.5 Å². The van der Waals surface area contributed by atoms with Crippen molar-refractivity contribution in [2.45, 2.75) is 39.8 Å². The van der Waals surface area contributed by atoms with Crippen LogP contribution >= 0.6 is 0 Å². The molecular weight excluding hydrogens is 168 g/mol. The van der Waals surface area contributed by atoms with E-state index in [0.29, 0.717) is 5.92 Å². The monoisotopic (exact) mass is 190 g/mol. The average Bonchev–Trinajstić information content (AvgIpc) is 2.02. The third kappa shape index (κ3) is 4.90. The molecule has 0 rings (SSSR count). The van der Waals surface area contributed by atoms with E-state index in [1.54, 1.807) is 7.11 Å². The molecule has 0 aliphatic heterocycles. The van der Waals surface area contributed by atoms with Gasteiger partial charge in [-0.1, -0.05) is 27.2 Å². The van der Waals surface area contributed by atoms with Crippen LogP contribution in [0.15, 0.2) is 0 Å². The fourth-order valence-corrected chi connectivity index (χ4v) is 3.09. The van der Waals surface area contributed by atoms with Crippen molar-refractivity contribution < 1.29 is 8.85 Å². The lowest BCUT2D eigenvalue weighted by Gasteiger charge is -2.25. The summed E-state index contributed by atoms with van der Waals surface area (Å²) in [5.74, 6) is 0.601. The third-order valence-electron chi connectivity index (χ3n) is 1.86. The largest absolute Gasteiger partial charge is 0.398 e. The predicted octanol–water partition coefficient (Wildman–Crippen LogP) is 2.79. The lowest BCUT2D eigenvalue weighted by atomic mass is 10.2. The minimum atomic E-state index is -1.79. The molecule has 0 aliphatic rings. The zero-order valence-electron chi connectivity index (χ0n) is 9.02. The molecule has 3 heteroatoms. The third-order valence-corrected chi connectivity index (χ3v) is 4.91. The van der Waals surface area contributed by atoms with Crippen LogP contribution in [0.25, 0.3) is 0 Å². The normalized spacial score (nSPS) is 16.5. The van der Waals surface area contributed by atoms with Crippen LogP contribution in [-0.2, 0) is 8.85 Å². The van der Waals surface area contributed by atoms with E-state index in [2.05, 4.69) is 27.3 Å². The first-order valence-corrected chi connectivity index (χ1v) is 7.25. The maximum absolute atomic E-state index is 5.80. The minimum Gasteiger partial charge on any atom is -0.398 e. The van der Waals surface area contributed by atoms with Gasteiger partial charge in [-0.3, -0.25) is 0 Å². The van der Waals surface area contributed by atoms with Gasteiger partial charge >= 0.3 is 8.56 Å². The van der Waals surface area contributed by atoms with Crippen molar-refractivity contribution in [2.75, 3.05) is 13.7 Å². The summed E-state index contributed by atoms with van der Waals surface area (Å²) in [5.41, 5.74) is 0. The van der Waals surface area contributed by atoms with E-state index >= 15 is 0 Å². The van der Waals surface area contributed by atoms with Crippen molar-refractivity contribution in [1.29, 1.82) is 0 Å². The van der Waals surface area contributed by atoms with Gasteiger partial charge in [-0.2, -0.15) is 0 Å². The molecular formula is C9H22O2Si. The van der Waals surface area contributed by atoms with Crippen LogP contribution in [0.5, 0.6) is 0 Å². The van der Waals surface area contributed by atoms with E-state index in [9.17, 15) is 0 Å². The maximum atomic E-state index is 5.80. The van der Waals surface area contributed by atoms with Crippen molar-refractivity contribution in [1.82, 2.24) is 0 Å². The van der Waals surface area contributed by atoms with Gasteiger partial charge in [-0.25, -0.2) is 0 Å². The molecule has 0 radical (unpaired) electrons. The highest BCUT2D eigenvalue weighted by molar-refractivity contribution is 6.65. The SMILES string of the molecule is CCC[Si](C)(OC)OCC(C)C. The van der Waals surface area contributed by atoms with Crippen LogP contribution in [0.2, 0.25) is 12.6 Å². The van der Waals surface area contributed by atoms with Gasteiger partial charge in [0.05, 0.1) is 0 Å². The zero-order chi connectivity index (χ0) is 9.61.